The van der Waals surface area contributed by atoms with Crippen molar-refractivity contribution in [3.05, 3.63) is 45.7 Å². The van der Waals surface area contributed by atoms with Gasteiger partial charge in [-0.25, -0.2) is 0 Å². The Bertz CT molecular complexity index is 618. The first-order valence-electron chi connectivity index (χ1n) is 4.72. The SMILES string of the molecule is O=c1c(CBr)c(C(F)(F)F)[nH]c2ccccc12. The monoisotopic (exact) mass is 305 g/mol. The van der Waals surface area contributed by atoms with Crippen molar-refractivity contribution in [2.75, 3.05) is 0 Å². The molecule has 2 nitrogen and oxygen atoms in total. The number of nitrogens with one attached hydrogen (secondary N) is 1. The smallest absolute Gasteiger partial charge is 0.351 e. The van der Waals surface area contributed by atoms with Crippen LogP contribution in [-0.4, -0.2) is 4.98 Å². The molecule has 0 aliphatic carbocycles. The summed E-state index contributed by atoms with van der Waals surface area (Å²) in [4.78, 5) is 14.1. The van der Waals surface area contributed by atoms with Crippen molar-refractivity contribution in [1.82, 2.24) is 4.98 Å². The van der Waals surface area contributed by atoms with Crippen LogP contribution in [-0.2, 0) is 11.5 Å². The van der Waals surface area contributed by atoms with Gasteiger partial charge in [-0.1, -0.05) is 28.1 Å². The highest BCUT2D eigenvalue weighted by atomic mass is 79.9. The summed E-state index contributed by atoms with van der Waals surface area (Å²) < 4.78 is 38.3. The van der Waals surface area contributed by atoms with Crippen molar-refractivity contribution in [2.24, 2.45) is 0 Å². The number of pyridine rings is 1. The van der Waals surface area contributed by atoms with E-state index in [1.165, 1.54) is 12.1 Å². The number of rotatable bonds is 1. The normalized spacial score (nSPS) is 12.0. The first-order chi connectivity index (χ1) is 7.95. The predicted octanol–water partition coefficient (Wildman–Crippen LogP) is 3.44. The molecule has 0 aliphatic rings. The maximum absolute atomic E-state index is 12.8. The maximum atomic E-state index is 12.8. The number of alkyl halides is 4. The number of para-hydroxylation sites is 1. The first kappa shape index (κ1) is 12.2. The molecule has 0 unspecified atom stereocenters. The second-order valence-electron chi connectivity index (χ2n) is 3.48. The van der Waals surface area contributed by atoms with E-state index in [0.717, 1.165) is 0 Å². The van der Waals surface area contributed by atoms with Crippen LogP contribution in [0.25, 0.3) is 10.9 Å². The highest BCUT2D eigenvalue weighted by molar-refractivity contribution is 9.08. The molecule has 17 heavy (non-hydrogen) atoms. The largest absolute Gasteiger partial charge is 0.431 e. The van der Waals surface area contributed by atoms with E-state index in [1.807, 2.05) is 0 Å². The Hall–Kier alpha value is -1.30. The average molecular weight is 306 g/mol. The maximum Gasteiger partial charge on any atom is 0.431 e. The highest BCUT2D eigenvalue weighted by Gasteiger charge is 2.35. The molecule has 0 spiro atoms. The van der Waals surface area contributed by atoms with Crippen molar-refractivity contribution in [1.29, 1.82) is 0 Å². The zero-order valence-electron chi connectivity index (χ0n) is 8.44. The van der Waals surface area contributed by atoms with E-state index < -0.39 is 17.3 Å². The zero-order valence-corrected chi connectivity index (χ0v) is 10.0. The summed E-state index contributed by atoms with van der Waals surface area (Å²) in [6, 6.07) is 6.14. The van der Waals surface area contributed by atoms with Crippen LogP contribution in [0.4, 0.5) is 13.2 Å². The molecule has 2 rings (SSSR count). The van der Waals surface area contributed by atoms with E-state index in [1.54, 1.807) is 12.1 Å². The second kappa shape index (κ2) is 4.18. The van der Waals surface area contributed by atoms with E-state index in [2.05, 4.69) is 20.9 Å². The summed E-state index contributed by atoms with van der Waals surface area (Å²) in [5.41, 5.74) is -1.69. The van der Waals surface area contributed by atoms with E-state index in [0.29, 0.717) is 0 Å². The number of benzene rings is 1. The molecule has 1 aromatic carbocycles. The Morgan fingerprint density at radius 3 is 2.47 bits per heavy atom. The van der Waals surface area contributed by atoms with Crippen LogP contribution in [0.5, 0.6) is 0 Å². The Kier molecular flexibility index (Phi) is 2.99. The lowest BCUT2D eigenvalue weighted by Crippen LogP contribution is -2.20. The van der Waals surface area contributed by atoms with Gasteiger partial charge in [0.05, 0.1) is 0 Å². The molecule has 1 aromatic heterocycles. The third-order valence-corrected chi connectivity index (χ3v) is 2.99. The molecular formula is C11H7BrF3NO. The minimum Gasteiger partial charge on any atom is -0.351 e. The van der Waals surface area contributed by atoms with Gasteiger partial charge in [-0.15, -0.1) is 0 Å². The van der Waals surface area contributed by atoms with Crippen molar-refractivity contribution < 1.29 is 13.2 Å². The topological polar surface area (TPSA) is 32.9 Å². The quantitative estimate of drug-likeness (QED) is 0.804. The van der Waals surface area contributed by atoms with E-state index in [-0.39, 0.29) is 21.8 Å². The molecule has 0 aliphatic heterocycles. The number of aromatic amines is 1. The van der Waals surface area contributed by atoms with Crippen molar-refractivity contribution in [3.63, 3.8) is 0 Å². The highest BCUT2D eigenvalue weighted by Crippen LogP contribution is 2.31. The van der Waals surface area contributed by atoms with Gasteiger partial charge >= 0.3 is 6.18 Å². The van der Waals surface area contributed by atoms with E-state index in [4.69, 9.17) is 0 Å². The molecule has 1 heterocycles. The van der Waals surface area contributed by atoms with Gasteiger partial charge in [-0.3, -0.25) is 4.79 Å². The summed E-state index contributed by atoms with van der Waals surface area (Å²) in [5.74, 6) is 0. The molecule has 90 valence electrons. The number of fused-ring (bicyclic) bond motifs is 1. The third-order valence-electron chi connectivity index (χ3n) is 2.42. The van der Waals surface area contributed by atoms with Gasteiger partial charge in [0.1, 0.15) is 5.69 Å². The van der Waals surface area contributed by atoms with E-state index in [9.17, 15) is 18.0 Å². The lowest BCUT2D eigenvalue weighted by atomic mass is 10.1. The Morgan fingerprint density at radius 1 is 1.24 bits per heavy atom. The molecule has 2 aromatic rings. The second-order valence-corrected chi connectivity index (χ2v) is 4.05. The minimum atomic E-state index is -4.56. The fourth-order valence-electron chi connectivity index (χ4n) is 1.65. The molecule has 0 atom stereocenters. The number of hydrogen-bond donors (Lipinski definition) is 1. The number of halogens is 4. The van der Waals surface area contributed by atoms with Crippen LogP contribution in [0.3, 0.4) is 0 Å². The van der Waals surface area contributed by atoms with Crippen molar-refractivity contribution in [3.8, 4) is 0 Å². The van der Waals surface area contributed by atoms with Crippen LogP contribution >= 0.6 is 15.9 Å². The van der Waals surface area contributed by atoms with Crippen LogP contribution < -0.4 is 5.43 Å². The molecule has 0 amide bonds. The molecule has 0 bridgehead atoms. The molecule has 6 heteroatoms. The molecule has 0 saturated carbocycles. The first-order valence-corrected chi connectivity index (χ1v) is 5.84. The fourth-order valence-corrected chi connectivity index (χ4v) is 2.18. The Balaban J connectivity index is 2.90. The zero-order chi connectivity index (χ0) is 12.6. The van der Waals surface area contributed by atoms with Crippen molar-refractivity contribution in [2.45, 2.75) is 11.5 Å². The van der Waals surface area contributed by atoms with Gasteiger partial charge in [0, 0.05) is 21.8 Å². The van der Waals surface area contributed by atoms with Gasteiger partial charge in [0.15, 0.2) is 5.43 Å². The van der Waals surface area contributed by atoms with Gasteiger partial charge in [-0.05, 0) is 12.1 Å². The summed E-state index contributed by atoms with van der Waals surface area (Å²) >= 11 is 2.92. The van der Waals surface area contributed by atoms with Gasteiger partial charge < -0.3 is 4.98 Å². The standard InChI is InChI=1S/C11H7BrF3NO/c12-5-7-9(17)6-3-1-2-4-8(6)16-10(7)11(13,14)15/h1-4H,5H2,(H,16,17). The molecular weight excluding hydrogens is 299 g/mol. The molecule has 0 saturated heterocycles. The fraction of sp³-hybridized carbons (Fsp3) is 0.182. The predicted molar refractivity (Wildman–Crippen MR) is 62.2 cm³/mol. The summed E-state index contributed by atoms with van der Waals surface area (Å²) in [6.07, 6.45) is -4.56. The number of aromatic nitrogens is 1. The molecule has 1 N–H and O–H groups in total. The van der Waals surface area contributed by atoms with Crippen LogP contribution in [0.1, 0.15) is 11.3 Å². The van der Waals surface area contributed by atoms with Crippen LogP contribution in [0, 0.1) is 0 Å². The third kappa shape index (κ3) is 2.09. The van der Waals surface area contributed by atoms with E-state index >= 15 is 0 Å². The Morgan fingerprint density at radius 2 is 1.88 bits per heavy atom. The summed E-state index contributed by atoms with van der Waals surface area (Å²) in [5, 5.41) is 0.122. The van der Waals surface area contributed by atoms with Crippen molar-refractivity contribution >= 4 is 26.8 Å². The van der Waals surface area contributed by atoms with Crippen LogP contribution in [0.2, 0.25) is 0 Å². The van der Waals surface area contributed by atoms with Gasteiger partial charge in [0.25, 0.3) is 0 Å². The number of hydrogen-bond acceptors (Lipinski definition) is 1. The number of H-pyrrole nitrogens is 1. The minimum absolute atomic E-state index is 0.137. The van der Waals surface area contributed by atoms with Gasteiger partial charge in [0.2, 0.25) is 0 Å². The molecule has 0 radical (unpaired) electrons. The van der Waals surface area contributed by atoms with Gasteiger partial charge in [-0.2, -0.15) is 13.2 Å². The average Bonchev–Trinajstić information content (AvgIpc) is 2.28. The Labute approximate surface area is 103 Å². The summed E-state index contributed by atoms with van der Waals surface area (Å²) in [7, 11) is 0. The summed E-state index contributed by atoms with van der Waals surface area (Å²) in [6.45, 7) is 0. The lowest BCUT2D eigenvalue weighted by molar-refractivity contribution is -0.141. The molecule has 0 fully saturated rings. The van der Waals surface area contributed by atoms with Crippen LogP contribution in [0.15, 0.2) is 29.1 Å². The lowest BCUT2D eigenvalue weighted by Gasteiger charge is -2.12.